The minimum atomic E-state index is -4.70. The van der Waals surface area contributed by atoms with Gasteiger partial charge in [0.05, 0.1) is 16.3 Å². The van der Waals surface area contributed by atoms with Crippen molar-refractivity contribution in [1.82, 2.24) is 9.97 Å². The van der Waals surface area contributed by atoms with Gasteiger partial charge in [0.2, 0.25) is 11.7 Å². The third-order valence-corrected chi connectivity index (χ3v) is 8.01. The Hall–Kier alpha value is -3.57. The molecule has 1 aromatic heterocycles. The van der Waals surface area contributed by atoms with Gasteiger partial charge in [-0.15, -0.1) is 0 Å². The molecule has 2 aliphatic rings. The Labute approximate surface area is 210 Å². The second kappa shape index (κ2) is 8.82. The van der Waals surface area contributed by atoms with Crippen LogP contribution in [0.25, 0.3) is 11.3 Å². The van der Waals surface area contributed by atoms with Crippen molar-refractivity contribution in [2.75, 3.05) is 10.5 Å². The highest BCUT2D eigenvalue weighted by atomic mass is 35.5. The van der Waals surface area contributed by atoms with Gasteiger partial charge in [0.25, 0.3) is 10.0 Å². The van der Waals surface area contributed by atoms with E-state index in [-0.39, 0.29) is 45.0 Å². The number of hydrogen-bond donors (Lipinski definition) is 2. The normalized spacial score (nSPS) is 17.0. The number of carbonyl (C=O) groups is 1. The van der Waals surface area contributed by atoms with Crippen LogP contribution in [0.3, 0.4) is 0 Å². The topological polar surface area (TPSA) is 124 Å². The van der Waals surface area contributed by atoms with Crippen molar-refractivity contribution in [1.29, 1.82) is 0 Å². The quantitative estimate of drug-likeness (QED) is 0.493. The first-order valence-corrected chi connectivity index (χ1v) is 12.8. The number of nitrogens with zero attached hydrogens (tertiary/aromatic N) is 2. The average Bonchev–Trinajstić information content (AvgIpc) is 3.40. The number of aromatic nitrogens is 2. The Balaban J connectivity index is 1.63. The molecule has 5 rings (SSSR count). The molecule has 0 bridgehead atoms. The molecule has 2 heterocycles. The summed E-state index contributed by atoms with van der Waals surface area (Å²) in [4.78, 5) is 20.6. The van der Waals surface area contributed by atoms with E-state index < -0.39 is 32.2 Å². The molecule has 1 fully saturated rings. The molecule has 1 saturated carbocycles. The van der Waals surface area contributed by atoms with Crippen molar-refractivity contribution in [2.24, 2.45) is 0 Å². The summed E-state index contributed by atoms with van der Waals surface area (Å²) < 4.78 is 62.4. The van der Waals surface area contributed by atoms with E-state index in [4.69, 9.17) is 22.1 Å². The predicted octanol–water partition coefficient (Wildman–Crippen LogP) is 4.57. The maximum Gasteiger partial charge on any atom is 0.267 e. The molecular weight excluding hydrogens is 514 g/mol. The number of ketones is 1. The number of halogens is 3. The van der Waals surface area contributed by atoms with E-state index in [0.29, 0.717) is 12.8 Å². The lowest BCUT2D eigenvalue weighted by Crippen LogP contribution is -2.33. The van der Waals surface area contributed by atoms with Crippen LogP contribution in [0.2, 0.25) is 5.02 Å². The molecule has 0 atom stereocenters. The fourth-order valence-corrected chi connectivity index (χ4v) is 6.10. The summed E-state index contributed by atoms with van der Waals surface area (Å²) in [7, 11) is -4.70. The van der Waals surface area contributed by atoms with Gasteiger partial charge in [-0.25, -0.2) is 27.2 Å². The fourth-order valence-electron chi connectivity index (χ4n) is 4.56. The lowest BCUT2D eigenvalue weighted by Gasteiger charge is -2.22. The van der Waals surface area contributed by atoms with Gasteiger partial charge in [-0.05, 0) is 49.9 Å². The third kappa shape index (κ3) is 3.97. The van der Waals surface area contributed by atoms with Crippen LogP contribution in [0.1, 0.15) is 36.9 Å². The summed E-state index contributed by atoms with van der Waals surface area (Å²) in [5, 5.41) is -0.153. The Morgan fingerprint density at radius 2 is 1.72 bits per heavy atom. The zero-order chi connectivity index (χ0) is 25.7. The molecule has 3 N–H and O–H groups in total. The number of sulfonamides is 1. The third-order valence-electron chi connectivity index (χ3n) is 6.18. The number of nitrogens with one attached hydrogen (secondary N) is 1. The fraction of sp³-hybridized carbons (Fsp3) is 0.208. The molecule has 186 valence electrons. The number of carbonyl (C=O) groups excluding carboxylic acids is 1. The number of ether oxygens (including phenoxy) is 1. The summed E-state index contributed by atoms with van der Waals surface area (Å²) in [5.41, 5.74) is 5.04. The van der Waals surface area contributed by atoms with Gasteiger partial charge in [0, 0.05) is 11.8 Å². The lowest BCUT2D eigenvalue weighted by molar-refractivity contribution is -0.127. The average molecular weight is 533 g/mol. The van der Waals surface area contributed by atoms with Crippen molar-refractivity contribution >= 4 is 50.4 Å². The van der Waals surface area contributed by atoms with Gasteiger partial charge in [0.15, 0.2) is 16.3 Å². The second-order valence-electron chi connectivity index (χ2n) is 8.46. The number of nitrogen functional groups attached to an aromatic ring is 1. The second-order valence-corrected chi connectivity index (χ2v) is 10.5. The van der Waals surface area contributed by atoms with Gasteiger partial charge in [-0.2, -0.15) is 0 Å². The first-order chi connectivity index (χ1) is 17.1. The Morgan fingerprint density at radius 1 is 1.06 bits per heavy atom. The molecule has 1 aliphatic carbocycles. The van der Waals surface area contributed by atoms with E-state index in [1.165, 1.54) is 30.5 Å². The summed E-state index contributed by atoms with van der Waals surface area (Å²) in [6, 6.07) is 8.55. The van der Waals surface area contributed by atoms with E-state index in [0.717, 1.165) is 31.0 Å². The Morgan fingerprint density at radius 3 is 2.39 bits per heavy atom. The van der Waals surface area contributed by atoms with E-state index in [1.54, 1.807) is 0 Å². The first-order valence-electron chi connectivity index (χ1n) is 11.0. The Kier molecular flexibility index (Phi) is 5.92. The van der Waals surface area contributed by atoms with Crippen LogP contribution in [0.4, 0.5) is 20.4 Å². The monoisotopic (exact) mass is 532 g/mol. The van der Waals surface area contributed by atoms with E-state index in [2.05, 4.69) is 14.7 Å². The molecule has 0 radical (unpaired) electrons. The summed E-state index contributed by atoms with van der Waals surface area (Å²) in [5.74, 6) is -2.71. The van der Waals surface area contributed by atoms with Crippen LogP contribution in [0, 0.1) is 11.6 Å². The smallest absolute Gasteiger partial charge is 0.267 e. The van der Waals surface area contributed by atoms with Crippen LogP contribution in [-0.2, 0) is 19.6 Å². The van der Waals surface area contributed by atoms with Crippen LogP contribution in [0.5, 0.6) is 0 Å². The maximum atomic E-state index is 14.2. The number of rotatable bonds is 5. The van der Waals surface area contributed by atoms with Crippen molar-refractivity contribution in [2.45, 2.75) is 36.2 Å². The molecule has 36 heavy (non-hydrogen) atoms. The molecule has 2 aromatic carbocycles. The largest absolute Gasteiger partial charge is 0.476 e. The minimum Gasteiger partial charge on any atom is -0.476 e. The van der Waals surface area contributed by atoms with Crippen LogP contribution in [-0.4, -0.2) is 29.8 Å². The molecule has 12 heteroatoms. The zero-order valence-electron chi connectivity index (χ0n) is 18.6. The highest BCUT2D eigenvalue weighted by molar-refractivity contribution is 7.92. The molecule has 0 amide bonds. The first kappa shape index (κ1) is 24.1. The highest BCUT2D eigenvalue weighted by Gasteiger charge is 2.52. The predicted molar refractivity (Wildman–Crippen MR) is 129 cm³/mol. The van der Waals surface area contributed by atoms with E-state index >= 15 is 0 Å². The molecule has 1 spiro atoms. The van der Waals surface area contributed by atoms with Crippen molar-refractivity contribution in [3.63, 3.8) is 0 Å². The van der Waals surface area contributed by atoms with Crippen molar-refractivity contribution < 1.29 is 26.7 Å². The number of hydrogen-bond acceptors (Lipinski definition) is 7. The molecular formula is C24H19ClF2N4O4S. The summed E-state index contributed by atoms with van der Waals surface area (Å²) >= 11 is 6.59. The molecule has 8 nitrogen and oxygen atoms in total. The van der Waals surface area contributed by atoms with Gasteiger partial charge < -0.3 is 10.5 Å². The van der Waals surface area contributed by atoms with Gasteiger partial charge in [0.1, 0.15) is 17.3 Å². The summed E-state index contributed by atoms with van der Waals surface area (Å²) in [6.45, 7) is 0. The zero-order valence-corrected chi connectivity index (χ0v) is 20.2. The molecule has 3 aromatic rings. The Bertz CT molecular complexity index is 1520. The van der Waals surface area contributed by atoms with Crippen molar-refractivity contribution in [3.05, 3.63) is 76.6 Å². The standard InChI is InChI=1S/C24H19ClF2N4O4S/c25-19-13(5-3-8-16(19)31-36(33,34)21-14(26)6-4-7-15(21)27)18-20(17-9-12-29-23(28)30-17)35-24(22(18)32)10-1-2-11-24/h3-9,12,31H,1-2,10-11H2,(H2,28,29,30). The van der Waals surface area contributed by atoms with E-state index in [1.807, 2.05) is 0 Å². The van der Waals surface area contributed by atoms with Crippen LogP contribution < -0.4 is 10.5 Å². The van der Waals surface area contributed by atoms with Gasteiger partial charge in [-0.3, -0.25) is 9.52 Å². The van der Waals surface area contributed by atoms with Crippen LogP contribution in [0.15, 0.2) is 53.6 Å². The number of benzene rings is 2. The molecule has 0 unspecified atom stereocenters. The SMILES string of the molecule is Nc1nccc(C2=C(c3cccc(NS(=O)(=O)c4c(F)cccc4F)c3Cl)C(=O)C3(CCCC3)O2)n1. The number of anilines is 2. The summed E-state index contributed by atoms with van der Waals surface area (Å²) in [6.07, 6.45) is 4.00. The van der Waals surface area contributed by atoms with Crippen molar-refractivity contribution in [3.8, 4) is 0 Å². The lowest BCUT2D eigenvalue weighted by atomic mass is 9.89. The highest BCUT2D eigenvalue weighted by Crippen LogP contribution is 2.50. The molecule has 0 saturated heterocycles. The number of nitrogens with two attached hydrogens (primary N) is 1. The maximum absolute atomic E-state index is 14.2. The number of Topliss-reactive ketones (excluding diaryl/α,β-unsaturated/α-hetero) is 1. The van der Waals surface area contributed by atoms with Gasteiger partial charge >= 0.3 is 0 Å². The molecule has 1 aliphatic heterocycles. The van der Waals surface area contributed by atoms with E-state index in [9.17, 15) is 22.0 Å². The van der Waals surface area contributed by atoms with Gasteiger partial charge in [-0.1, -0.05) is 29.8 Å². The minimum absolute atomic E-state index is 0.0257. The van der Waals surface area contributed by atoms with Crippen LogP contribution >= 0.6 is 11.6 Å².